The Kier molecular flexibility index (Phi) is 4.80. The van der Waals surface area contributed by atoms with E-state index in [-0.39, 0.29) is 0 Å². The smallest absolute Gasteiger partial charge is 0.177 e. The van der Waals surface area contributed by atoms with Crippen LogP contribution in [0.2, 0.25) is 0 Å². The summed E-state index contributed by atoms with van der Waals surface area (Å²) in [6.07, 6.45) is 1.82. The second-order valence-electron chi connectivity index (χ2n) is 5.92. The van der Waals surface area contributed by atoms with Gasteiger partial charge in [0.05, 0.1) is 24.0 Å². The summed E-state index contributed by atoms with van der Waals surface area (Å²) < 4.78 is 3.80. The van der Waals surface area contributed by atoms with E-state index in [0.717, 1.165) is 31.7 Å². The molecule has 0 amide bonds. The Bertz CT molecular complexity index is 964. The molecule has 0 unspecified atom stereocenters. The molecule has 0 aliphatic carbocycles. The summed E-state index contributed by atoms with van der Waals surface area (Å²) in [4.78, 5) is 0. The van der Waals surface area contributed by atoms with Crippen LogP contribution < -0.4 is 11.1 Å². The van der Waals surface area contributed by atoms with Gasteiger partial charge in [-0.05, 0) is 52.2 Å². The first-order valence-corrected chi connectivity index (χ1v) is 9.62. The molecule has 1 aliphatic rings. The minimum absolute atomic E-state index is 0.668. The van der Waals surface area contributed by atoms with Crippen LogP contribution in [0.15, 0.2) is 68.9 Å². The summed E-state index contributed by atoms with van der Waals surface area (Å²) in [7, 11) is 0. The molecule has 2 heterocycles. The summed E-state index contributed by atoms with van der Waals surface area (Å²) in [5, 5.41) is 10.9. The van der Waals surface area contributed by atoms with E-state index in [2.05, 4.69) is 78.3 Å². The van der Waals surface area contributed by atoms with E-state index in [1.54, 1.807) is 0 Å². The Morgan fingerprint density at radius 1 is 1.04 bits per heavy atom. The highest BCUT2D eigenvalue weighted by molar-refractivity contribution is 9.10. The fraction of sp³-hybridized carbons (Fsp3) is 0.111. The topological polar surface area (TPSA) is 57.5 Å². The van der Waals surface area contributed by atoms with Crippen molar-refractivity contribution in [2.45, 2.75) is 13.5 Å². The summed E-state index contributed by atoms with van der Waals surface area (Å²) in [6, 6.07) is 16.4. The first kappa shape index (κ1) is 17.3. The molecule has 2 aromatic carbocycles. The molecule has 0 fully saturated rings. The van der Waals surface area contributed by atoms with Crippen LogP contribution in [0.3, 0.4) is 0 Å². The van der Waals surface area contributed by atoms with Gasteiger partial charge in [0, 0.05) is 4.47 Å². The van der Waals surface area contributed by atoms with Gasteiger partial charge in [0.1, 0.15) is 4.60 Å². The first-order valence-electron chi connectivity index (χ1n) is 8.03. The predicted octanol–water partition coefficient (Wildman–Crippen LogP) is 3.89. The summed E-state index contributed by atoms with van der Waals surface area (Å²) >= 11 is 7.15. The van der Waals surface area contributed by atoms with Crippen molar-refractivity contribution in [1.29, 1.82) is 0 Å². The molecule has 0 spiro atoms. The molecule has 0 radical (unpaired) electrons. The Balaban J connectivity index is 1.63. The van der Waals surface area contributed by atoms with E-state index in [1.807, 2.05) is 46.2 Å². The van der Waals surface area contributed by atoms with E-state index >= 15 is 0 Å². The second kappa shape index (κ2) is 7.22. The highest BCUT2D eigenvalue weighted by atomic mass is 79.9. The van der Waals surface area contributed by atoms with E-state index < -0.39 is 0 Å². The average molecular weight is 476 g/mol. The van der Waals surface area contributed by atoms with Gasteiger partial charge in [-0.25, -0.2) is 10.2 Å². The Morgan fingerprint density at radius 2 is 1.81 bits per heavy atom. The molecule has 8 heteroatoms. The third kappa shape index (κ3) is 3.27. The number of nitrogens with zero attached hydrogens (tertiary/aromatic N) is 4. The molecule has 1 aromatic heterocycles. The van der Waals surface area contributed by atoms with Crippen LogP contribution in [0.4, 0.5) is 0 Å². The monoisotopic (exact) mass is 474 g/mol. The quantitative estimate of drug-likeness (QED) is 0.601. The van der Waals surface area contributed by atoms with Gasteiger partial charge < -0.3 is 0 Å². The number of aromatic nitrogens is 2. The Hall–Kier alpha value is -2.16. The molecular weight excluding hydrogens is 460 g/mol. The van der Waals surface area contributed by atoms with Gasteiger partial charge in [-0.3, -0.25) is 5.01 Å². The molecule has 26 heavy (non-hydrogen) atoms. The molecule has 2 N–H and O–H groups in total. The normalized spacial score (nSPS) is 13.7. The van der Waals surface area contributed by atoms with Crippen molar-refractivity contribution in [3.63, 3.8) is 0 Å². The standard InChI is InChI=1S/C18H16Br2N6/c1-12-4-2-3-5-16(12)26-17(20)15(10-21-26)18-22-23-24-25(18)11-13-6-8-14(19)9-7-13/h2-10,23-24H,11H2,1H3. The molecule has 6 nitrogen and oxygen atoms in total. The largest absolute Gasteiger partial charge is 0.266 e. The summed E-state index contributed by atoms with van der Waals surface area (Å²) in [6.45, 7) is 2.74. The first-order chi connectivity index (χ1) is 12.6. The molecule has 0 atom stereocenters. The number of hydrogen-bond acceptors (Lipinski definition) is 5. The van der Waals surface area contributed by atoms with Gasteiger partial charge >= 0.3 is 0 Å². The van der Waals surface area contributed by atoms with Gasteiger partial charge in [-0.1, -0.05) is 46.3 Å². The van der Waals surface area contributed by atoms with Gasteiger partial charge in [-0.2, -0.15) is 5.10 Å². The molecule has 132 valence electrons. The van der Waals surface area contributed by atoms with Crippen molar-refractivity contribution in [2.75, 3.05) is 0 Å². The molecule has 4 rings (SSSR count). The van der Waals surface area contributed by atoms with E-state index in [9.17, 15) is 0 Å². The number of aryl methyl sites for hydroxylation is 1. The van der Waals surface area contributed by atoms with E-state index in [4.69, 9.17) is 0 Å². The molecule has 0 saturated carbocycles. The highest BCUT2D eigenvalue weighted by Gasteiger charge is 2.24. The van der Waals surface area contributed by atoms with Crippen LogP contribution in [0.1, 0.15) is 16.7 Å². The van der Waals surface area contributed by atoms with E-state index in [1.165, 1.54) is 5.56 Å². The highest BCUT2D eigenvalue weighted by Crippen LogP contribution is 2.25. The van der Waals surface area contributed by atoms with Crippen molar-refractivity contribution in [3.05, 3.63) is 80.5 Å². The maximum Gasteiger partial charge on any atom is 0.177 e. The lowest BCUT2D eigenvalue weighted by atomic mass is 10.2. The minimum atomic E-state index is 0.668. The Morgan fingerprint density at radius 3 is 2.58 bits per heavy atom. The number of benzene rings is 2. The van der Waals surface area contributed by atoms with Gasteiger partial charge in [0.25, 0.3) is 0 Å². The van der Waals surface area contributed by atoms with Gasteiger partial charge in [-0.15, -0.1) is 10.6 Å². The molecule has 1 aliphatic heterocycles. The zero-order valence-electron chi connectivity index (χ0n) is 13.9. The minimum Gasteiger partial charge on any atom is -0.266 e. The van der Waals surface area contributed by atoms with Crippen LogP contribution in [-0.4, -0.2) is 20.6 Å². The fourth-order valence-corrected chi connectivity index (χ4v) is 3.62. The molecule has 3 aromatic rings. The predicted molar refractivity (Wildman–Crippen MR) is 108 cm³/mol. The molecular formula is C18H16Br2N6. The van der Waals surface area contributed by atoms with Crippen molar-refractivity contribution in [1.82, 2.24) is 25.9 Å². The number of hydrazone groups is 1. The maximum atomic E-state index is 4.55. The number of hydrazine groups is 2. The van der Waals surface area contributed by atoms with E-state index in [0.29, 0.717) is 6.54 Å². The molecule has 0 bridgehead atoms. The van der Waals surface area contributed by atoms with Crippen LogP contribution >= 0.6 is 31.9 Å². The lowest BCUT2D eigenvalue weighted by Crippen LogP contribution is -2.40. The van der Waals surface area contributed by atoms with Crippen molar-refractivity contribution in [2.24, 2.45) is 5.10 Å². The lowest BCUT2D eigenvalue weighted by molar-refractivity contribution is 0.288. The zero-order chi connectivity index (χ0) is 18.1. The average Bonchev–Trinajstić information content (AvgIpc) is 3.24. The van der Waals surface area contributed by atoms with Gasteiger partial charge in [0.2, 0.25) is 0 Å². The maximum absolute atomic E-state index is 4.55. The third-order valence-electron chi connectivity index (χ3n) is 4.15. The van der Waals surface area contributed by atoms with Gasteiger partial charge in [0.15, 0.2) is 5.84 Å². The SMILES string of the molecule is Cc1ccccc1-n1ncc(C2=NNNN2Cc2ccc(Br)cc2)c1Br. The van der Waals surface area contributed by atoms with Crippen LogP contribution in [0.25, 0.3) is 5.69 Å². The lowest BCUT2D eigenvalue weighted by Gasteiger charge is -2.18. The number of rotatable bonds is 4. The number of amidine groups is 1. The molecule has 0 saturated heterocycles. The number of nitrogens with one attached hydrogen (secondary N) is 2. The van der Waals surface area contributed by atoms with Crippen molar-refractivity contribution >= 4 is 37.7 Å². The second-order valence-corrected chi connectivity index (χ2v) is 7.59. The van der Waals surface area contributed by atoms with Crippen molar-refractivity contribution in [3.8, 4) is 5.69 Å². The number of halogens is 2. The number of hydrogen-bond donors (Lipinski definition) is 2. The van der Waals surface area contributed by atoms with Crippen LogP contribution in [0.5, 0.6) is 0 Å². The van der Waals surface area contributed by atoms with Crippen molar-refractivity contribution < 1.29 is 0 Å². The van der Waals surface area contributed by atoms with Crippen LogP contribution in [-0.2, 0) is 6.54 Å². The summed E-state index contributed by atoms with van der Waals surface area (Å²) in [5.74, 6) is 0.777. The van der Waals surface area contributed by atoms with Crippen LogP contribution in [0, 0.1) is 6.92 Å². The Labute approximate surface area is 168 Å². The zero-order valence-corrected chi connectivity index (χ0v) is 17.1. The number of para-hydroxylation sites is 1. The third-order valence-corrected chi connectivity index (χ3v) is 5.44. The fourth-order valence-electron chi connectivity index (χ4n) is 2.80. The summed E-state index contributed by atoms with van der Waals surface area (Å²) in [5.41, 5.74) is 10.2.